The first-order valence-electron chi connectivity index (χ1n) is 15.2. The van der Waals surface area contributed by atoms with E-state index in [9.17, 15) is 47.3 Å². The number of thioether (sulfide) groups is 1. The molecule has 17 nitrogen and oxygen atoms in total. The van der Waals surface area contributed by atoms with Crippen molar-refractivity contribution in [2.75, 3.05) is 12.4 Å². The van der Waals surface area contributed by atoms with Crippen LogP contribution in [0.4, 0.5) is 0 Å². The number of hydrogen-bond donors (Lipinski definition) is 4. The van der Waals surface area contributed by atoms with Crippen molar-refractivity contribution < 1.29 is 73.4 Å². The van der Waals surface area contributed by atoms with E-state index in [1.54, 1.807) is 0 Å². The topological polar surface area (TPSA) is 264 Å². The SMILES string of the molecule is CCCCCCCCCCCCCCCCCCS[C@@H]1O[C@H](COS(=O)(=O)O)[C@@H](OS(=O)(=O)O)[C@H](OS(=O)(=O)O)[C@H]1OS(=O)(=O)O. The van der Waals surface area contributed by atoms with Gasteiger partial charge >= 0.3 is 41.6 Å². The van der Waals surface area contributed by atoms with E-state index in [2.05, 4.69) is 23.7 Å². The van der Waals surface area contributed by atoms with Crippen LogP contribution in [0.25, 0.3) is 0 Å². The van der Waals surface area contributed by atoms with Crippen LogP contribution in [-0.4, -0.2) is 94.1 Å². The molecule has 0 amide bonds. The maximum Gasteiger partial charge on any atom is 0.397 e. The maximum absolute atomic E-state index is 11.6. The summed E-state index contributed by atoms with van der Waals surface area (Å²) in [5, 5.41) is 0. The summed E-state index contributed by atoms with van der Waals surface area (Å²) in [7, 11) is -21.6. The van der Waals surface area contributed by atoms with Crippen LogP contribution in [0.15, 0.2) is 0 Å². The number of hydrogen-bond acceptors (Lipinski definition) is 14. The Balaban J connectivity index is 2.71. The fraction of sp³-hybridized carbons (Fsp3) is 1.00. The molecule has 22 heteroatoms. The molecule has 0 saturated carbocycles. The second-order valence-corrected chi connectivity index (χ2v) is 16.3. The van der Waals surface area contributed by atoms with Crippen LogP contribution >= 0.6 is 11.8 Å². The minimum Gasteiger partial charge on any atom is -0.356 e. The minimum atomic E-state index is -5.53. The zero-order valence-electron chi connectivity index (χ0n) is 25.8. The molecule has 1 heterocycles. The van der Waals surface area contributed by atoms with Crippen molar-refractivity contribution in [1.82, 2.24) is 0 Å². The third kappa shape index (κ3) is 22.4. The van der Waals surface area contributed by atoms with E-state index < -0.39 is 78.1 Å². The molecule has 1 rings (SSSR count). The molecule has 4 N–H and O–H groups in total. The Labute approximate surface area is 277 Å². The predicted molar refractivity (Wildman–Crippen MR) is 167 cm³/mol. The summed E-state index contributed by atoms with van der Waals surface area (Å²) >= 11 is 0.805. The Morgan fingerprint density at radius 2 is 0.891 bits per heavy atom. The molecule has 1 aliphatic heterocycles. The van der Waals surface area contributed by atoms with Gasteiger partial charge in [-0.3, -0.25) is 18.2 Å². The molecular formula is C24H48O17S5. The van der Waals surface area contributed by atoms with Crippen LogP contribution in [0, 0.1) is 0 Å². The summed E-state index contributed by atoms with van der Waals surface area (Å²) in [6, 6.07) is 0. The van der Waals surface area contributed by atoms with Gasteiger partial charge in [0, 0.05) is 0 Å². The average molecular weight is 769 g/mol. The zero-order chi connectivity index (χ0) is 34.9. The summed E-state index contributed by atoms with van der Waals surface area (Å²) in [4.78, 5) is 0. The van der Waals surface area contributed by atoms with Crippen LogP contribution in [0.1, 0.15) is 110 Å². The monoisotopic (exact) mass is 768 g/mol. The highest BCUT2D eigenvalue weighted by Gasteiger charge is 2.53. The molecule has 0 radical (unpaired) electrons. The fourth-order valence-electron chi connectivity index (χ4n) is 4.90. The van der Waals surface area contributed by atoms with Gasteiger partial charge < -0.3 is 4.74 Å². The second-order valence-electron chi connectivity index (χ2n) is 10.9. The van der Waals surface area contributed by atoms with Crippen molar-refractivity contribution in [1.29, 1.82) is 0 Å². The number of rotatable bonds is 27. The molecule has 0 unspecified atom stereocenters. The van der Waals surface area contributed by atoms with Crippen LogP contribution in [0.5, 0.6) is 0 Å². The molecule has 0 aromatic carbocycles. The maximum atomic E-state index is 11.6. The van der Waals surface area contributed by atoms with Crippen LogP contribution in [-0.2, 0) is 63.1 Å². The molecule has 0 bridgehead atoms. The van der Waals surface area contributed by atoms with Gasteiger partial charge in [-0.2, -0.15) is 33.7 Å². The largest absolute Gasteiger partial charge is 0.397 e. The Morgan fingerprint density at radius 1 is 0.522 bits per heavy atom. The lowest BCUT2D eigenvalue weighted by Crippen LogP contribution is -2.61. The molecule has 0 spiro atoms. The second kappa shape index (κ2) is 21.8. The van der Waals surface area contributed by atoms with Crippen molar-refractivity contribution in [2.45, 2.75) is 140 Å². The lowest BCUT2D eigenvalue weighted by atomic mass is 10.0. The van der Waals surface area contributed by atoms with Crippen LogP contribution in [0.2, 0.25) is 0 Å². The molecule has 1 fully saturated rings. The highest BCUT2D eigenvalue weighted by molar-refractivity contribution is 7.99. The quantitative estimate of drug-likeness (QED) is 0.0677. The molecule has 276 valence electrons. The predicted octanol–water partition coefficient (Wildman–Crippen LogP) is 4.09. The highest BCUT2D eigenvalue weighted by atomic mass is 32.3. The lowest BCUT2D eigenvalue weighted by molar-refractivity contribution is -0.183. The van der Waals surface area contributed by atoms with E-state index in [0.717, 1.165) is 43.9 Å². The summed E-state index contributed by atoms with van der Waals surface area (Å²) in [5.74, 6) is 0.225. The number of ether oxygens (including phenoxy) is 1. The van der Waals surface area contributed by atoms with Crippen molar-refractivity contribution >= 4 is 53.4 Å². The van der Waals surface area contributed by atoms with Crippen molar-refractivity contribution in [3.05, 3.63) is 0 Å². The lowest BCUT2D eigenvalue weighted by Gasteiger charge is -2.43. The van der Waals surface area contributed by atoms with Crippen molar-refractivity contribution in [2.24, 2.45) is 0 Å². The van der Waals surface area contributed by atoms with E-state index >= 15 is 0 Å². The van der Waals surface area contributed by atoms with Gasteiger partial charge in [-0.1, -0.05) is 103 Å². The van der Waals surface area contributed by atoms with E-state index in [1.807, 2.05) is 0 Å². The minimum absolute atomic E-state index is 0.225. The first-order valence-corrected chi connectivity index (χ1v) is 21.7. The molecule has 1 aliphatic rings. The Bertz CT molecular complexity index is 1270. The Morgan fingerprint density at radius 3 is 1.28 bits per heavy atom. The third-order valence-corrected chi connectivity index (χ3v) is 10.0. The van der Waals surface area contributed by atoms with Gasteiger partial charge in [0.2, 0.25) is 0 Å². The molecule has 1 saturated heterocycles. The van der Waals surface area contributed by atoms with Crippen LogP contribution in [0.3, 0.4) is 0 Å². The first-order chi connectivity index (χ1) is 21.3. The number of unbranched alkanes of at least 4 members (excludes halogenated alkanes) is 15. The van der Waals surface area contributed by atoms with E-state index in [1.165, 1.54) is 64.2 Å². The summed E-state index contributed by atoms with van der Waals surface area (Å²) in [6.45, 7) is 0.958. The van der Waals surface area contributed by atoms with Gasteiger partial charge in [0.05, 0.1) is 6.61 Å². The normalized spacial score (nSPS) is 23.1. The molecule has 5 atom stereocenters. The van der Waals surface area contributed by atoms with E-state index in [0.29, 0.717) is 6.42 Å². The van der Waals surface area contributed by atoms with Gasteiger partial charge in [0.25, 0.3) is 0 Å². The average Bonchev–Trinajstić information content (AvgIpc) is 2.90. The van der Waals surface area contributed by atoms with Gasteiger partial charge in [-0.15, -0.1) is 11.8 Å². The summed E-state index contributed by atoms with van der Waals surface area (Å²) in [5.41, 5.74) is -1.62. The molecule has 0 aromatic rings. The van der Waals surface area contributed by atoms with E-state index in [4.69, 9.17) is 9.29 Å². The van der Waals surface area contributed by atoms with Gasteiger partial charge in [-0.05, 0) is 12.2 Å². The Hall–Kier alpha value is -0.210. The highest BCUT2D eigenvalue weighted by Crippen LogP contribution is 2.36. The Kier molecular flexibility index (Phi) is 20.7. The van der Waals surface area contributed by atoms with Crippen molar-refractivity contribution in [3.63, 3.8) is 0 Å². The fourth-order valence-corrected chi connectivity index (χ4v) is 8.01. The summed E-state index contributed by atoms with van der Waals surface area (Å²) < 4.78 is 151. The molecular weight excluding hydrogens is 721 g/mol. The third-order valence-electron chi connectivity index (χ3n) is 6.95. The standard InChI is InChI=1S/C24H48O17S5/c1-2-3-4-5-6-7-8-9-10-11-12-13-14-15-16-17-18-42-24-23(41-46(34,35)36)22(40-45(31,32)33)21(39-44(28,29)30)20(38-24)19-37-43(25,26)27/h20-24H,2-19H2,1H3,(H,25,26,27)(H,28,29,30)(H,31,32,33)(H,34,35,36)/t20-,21-,22+,23-,24+/m1/s1. The smallest absolute Gasteiger partial charge is 0.356 e. The molecule has 0 aromatic heterocycles. The van der Waals surface area contributed by atoms with Gasteiger partial charge in [-0.25, -0.2) is 16.7 Å². The zero-order valence-corrected chi connectivity index (χ0v) is 29.8. The van der Waals surface area contributed by atoms with Crippen molar-refractivity contribution in [3.8, 4) is 0 Å². The first kappa shape index (κ1) is 43.8. The van der Waals surface area contributed by atoms with Gasteiger partial charge in [0.1, 0.15) is 29.9 Å². The van der Waals surface area contributed by atoms with Gasteiger partial charge in [0.15, 0.2) is 0 Å². The van der Waals surface area contributed by atoms with Crippen LogP contribution < -0.4 is 0 Å². The summed E-state index contributed by atoms with van der Waals surface area (Å²) in [6.07, 6.45) is 8.96. The molecule has 0 aliphatic carbocycles. The molecule has 46 heavy (non-hydrogen) atoms. The van der Waals surface area contributed by atoms with E-state index in [-0.39, 0.29) is 5.75 Å².